The minimum absolute atomic E-state index is 0.380. The lowest BCUT2D eigenvalue weighted by Gasteiger charge is -2.13. The highest BCUT2D eigenvalue weighted by molar-refractivity contribution is 5.23. The molecule has 0 fully saturated rings. The van der Waals surface area contributed by atoms with Crippen molar-refractivity contribution in [2.45, 2.75) is 46.0 Å². The molecule has 2 rings (SSSR count). The first-order valence-electron chi connectivity index (χ1n) is 6.67. The Morgan fingerprint density at radius 1 is 1.16 bits per heavy atom. The summed E-state index contributed by atoms with van der Waals surface area (Å²) in [5.41, 5.74) is 4.41. The molecule has 0 amide bonds. The Hall–Kier alpha value is -1.84. The van der Waals surface area contributed by atoms with Crippen molar-refractivity contribution < 1.29 is 0 Å². The van der Waals surface area contributed by atoms with Gasteiger partial charge in [0, 0.05) is 17.6 Å². The zero-order chi connectivity index (χ0) is 13.8. The Morgan fingerprint density at radius 3 is 2.63 bits per heavy atom. The molecule has 2 aromatic heterocycles. The maximum atomic E-state index is 4.37. The molecule has 100 valence electrons. The molecule has 4 heteroatoms. The Balaban J connectivity index is 2.17. The molecule has 0 bridgehead atoms. The van der Waals surface area contributed by atoms with Crippen molar-refractivity contribution in [3.8, 4) is 0 Å². The van der Waals surface area contributed by atoms with Crippen LogP contribution in [-0.4, -0.2) is 20.2 Å². The summed E-state index contributed by atoms with van der Waals surface area (Å²) in [6.45, 7) is 8.48. The first-order chi connectivity index (χ1) is 9.08. The third kappa shape index (κ3) is 3.34. The van der Waals surface area contributed by atoms with Gasteiger partial charge in [-0.25, -0.2) is 9.97 Å². The van der Waals surface area contributed by atoms with Crippen LogP contribution in [0.15, 0.2) is 24.7 Å². The van der Waals surface area contributed by atoms with Crippen LogP contribution in [0, 0.1) is 6.92 Å². The number of aromatic nitrogens is 4. The minimum atomic E-state index is 0.380. The third-order valence-electron chi connectivity index (χ3n) is 3.33. The summed E-state index contributed by atoms with van der Waals surface area (Å²) < 4.78 is 0. The number of hydrogen-bond donors (Lipinski definition) is 0. The second-order valence-electron chi connectivity index (χ2n) is 5.27. The van der Waals surface area contributed by atoms with Crippen molar-refractivity contribution in [2.24, 2.45) is 0 Å². The lowest BCUT2D eigenvalue weighted by Crippen LogP contribution is -2.06. The van der Waals surface area contributed by atoms with Gasteiger partial charge in [0.25, 0.3) is 0 Å². The molecular formula is C15H20N4. The first-order valence-corrected chi connectivity index (χ1v) is 6.67. The van der Waals surface area contributed by atoms with Crippen molar-refractivity contribution in [1.29, 1.82) is 0 Å². The zero-order valence-corrected chi connectivity index (χ0v) is 12.0. The minimum Gasteiger partial charge on any atom is -0.241 e. The zero-order valence-electron chi connectivity index (χ0n) is 12.0. The number of nitrogens with zero attached hydrogens (tertiary/aromatic N) is 4. The highest BCUT2D eigenvalue weighted by atomic mass is 15.1. The molecule has 0 radical (unpaired) electrons. The van der Waals surface area contributed by atoms with Crippen LogP contribution < -0.4 is 0 Å². The van der Waals surface area contributed by atoms with Gasteiger partial charge in [0.1, 0.15) is 6.33 Å². The van der Waals surface area contributed by atoms with Crippen LogP contribution in [0.25, 0.3) is 0 Å². The van der Waals surface area contributed by atoms with Gasteiger partial charge >= 0.3 is 0 Å². The van der Waals surface area contributed by atoms with Crippen LogP contribution >= 0.6 is 0 Å². The summed E-state index contributed by atoms with van der Waals surface area (Å²) in [5.74, 6) is 0.812. The van der Waals surface area contributed by atoms with Crippen molar-refractivity contribution in [3.63, 3.8) is 0 Å². The number of hydrogen-bond acceptors (Lipinski definition) is 4. The molecule has 0 aliphatic heterocycles. The summed E-state index contributed by atoms with van der Waals surface area (Å²) in [7, 11) is 0. The topological polar surface area (TPSA) is 51.6 Å². The molecule has 1 atom stereocenters. The average molecular weight is 256 g/mol. The van der Waals surface area contributed by atoms with Gasteiger partial charge in [-0.3, -0.25) is 0 Å². The fourth-order valence-corrected chi connectivity index (χ4v) is 2.20. The smallest absolute Gasteiger partial charge is 0.115 e. The van der Waals surface area contributed by atoms with Gasteiger partial charge in [0.2, 0.25) is 0 Å². The number of aryl methyl sites for hydroxylation is 1. The summed E-state index contributed by atoms with van der Waals surface area (Å²) >= 11 is 0. The fourth-order valence-electron chi connectivity index (χ4n) is 2.20. The van der Waals surface area contributed by atoms with Crippen LogP contribution in [0.4, 0.5) is 0 Å². The second-order valence-corrected chi connectivity index (χ2v) is 5.27. The molecular weight excluding hydrogens is 236 g/mol. The Bertz CT molecular complexity index is 551. The van der Waals surface area contributed by atoms with Crippen molar-refractivity contribution >= 4 is 0 Å². The summed E-state index contributed by atoms with van der Waals surface area (Å²) in [6, 6.07) is 4.14. The van der Waals surface area contributed by atoms with Crippen LogP contribution in [0.5, 0.6) is 0 Å². The van der Waals surface area contributed by atoms with E-state index in [-0.39, 0.29) is 0 Å². The summed E-state index contributed by atoms with van der Waals surface area (Å²) in [6.07, 6.45) is 4.31. The third-order valence-corrected chi connectivity index (χ3v) is 3.33. The van der Waals surface area contributed by atoms with Gasteiger partial charge < -0.3 is 0 Å². The van der Waals surface area contributed by atoms with E-state index >= 15 is 0 Å². The van der Waals surface area contributed by atoms with E-state index in [1.165, 1.54) is 5.56 Å². The predicted molar refractivity (Wildman–Crippen MR) is 75.0 cm³/mol. The lowest BCUT2D eigenvalue weighted by molar-refractivity contribution is 0.710. The highest BCUT2D eigenvalue weighted by Crippen LogP contribution is 2.22. The molecule has 2 heterocycles. The molecule has 0 N–H and O–H groups in total. The standard InChI is InChI=1S/C15H20N4/c1-10(2)15-8-13(16-9-17-15)7-11(3)14-5-6-18-19-12(14)4/h5-6,8-11H,7H2,1-4H3. The Kier molecular flexibility index (Phi) is 4.20. The maximum Gasteiger partial charge on any atom is 0.115 e. The first kappa shape index (κ1) is 13.6. The Labute approximate surface area is 114 Å². The Morgan fingerprint density at radius 2 is 1.95 bits per heavy atom. The van der Waals surface area contributed by atoms with Crippen LogP contribution in [0.3, 0.4) is 0 Å². The van der Waals surface area contributed by atoms with Gasteiger partial charge in [-0.2, -0.15) is 10.2 Å². The average Bonchev–Trinajstić information content (AvgIpc) is 2.39. The van der Waals surface area contributed by atoms with Crippen molar-refractivity contribution in [3.05, 3.63) is 47.3 Å². The van der Waals surface area contributed by atoms with Gasteiger partial charge in [-0.1, -0.05) is 20.8 Å². The van der Waals surface area contributed by atoms with E-state index in [4.69, 9.17) is 0 Å². The van der Waals surface area contributed by atoms with E-state index in [0.717, 1.165) is 23.5 Å². The normalized spacial score (nSPS) is 12.7. The van der Waals surface area contributed by atoms with Crippen molar-refractivity contribution in [1.82, 2.24) is 20.2 Å². The molecule has 0 aromatic carbocycles. The van der Waals surface area contributed by atoms with E-state index in [2.05, 4.69) is 47.0 Å². The molecule has 0 aliphatic rings. The molecule has 0 saturated heterocycles. The SMILES string of the molecule is Cc1nnccc1C(C)Cc1cc(C(C)C)ncn1. The van der Waals surface area contributed by atoms with Gasteiger partial charge in [0.15, 0.2) is 0 Å². The molecule has 0 saturated carbocycles. The van der Waals surface area contributed by atoms with Gasteiger partial charge in [0.05, 0.1) is 5.69 Å². The molecule has 1 unspecified atom stereocenters. The molecule has 0 aliphatic carbocycles. The summed E-state index contributed by atoms with van der Waals surface area (Å²) in [4.78, 5) is 8.67. The molecule has 2 aromatic rings. The quantitative estimate of drug-likeness (QED) is 0.843. The molecule has 0 spiro atoms. The van der Waals surface area contributed by atoms with Crippen LogP contribution in [-0.2, 0) is 6.42 Å². The lowest BCUT2D eigenvalue weighted by atomic mass is 9.95. The molecule has 4 nitrogen and oxygen atoms in total. The van der Waals surface area contributed by atoms with E-state index in [1.807, 2.05) is 13.0 Å². The van der Waals surface area contributed by atoms with Crippen LogP contribution in [0.2, 0.25) is 0 Å². The van der Waals surface area contributed by atoms with Gasteiger partial charge in [-0.05, 0) is 42.9 Å². The second kappa shape index (κ2) is 5.87. The molecule has 19 heavy (non-hydrogen) atoms. The maximum absolute atomic E-state index is 4.37. The monoisotopic (exact) mass is 256 g/mol. The van der Waals surface area contributed by atoms with E-state index < -0.39 is 0 Å². The summed E-state index contributed by atoms with van der Waals surface area (Å²) in [5, 5.41) is 8.00. The van der Waals surface area contributed by atoms with E-state index in [9.17, 15) is 0 Å². The van der Waals surface area contributed by atoms with E-state index in [1.54, 1.807) is 12.5 Å². The largest absolute Gasteiger partial charge is 0.241 e. The predicted octanol–water partition coefficient (Wildman–Crippen LogP) is 3.04. The van der Waals surface area contributed by atoms with Gasteiger partial charge in [-0.15, -0.1) is 0 Å². The van der Waals surface area contributed by atoms with Crippen molar-refractivity contribution in [2.75, 3.05) is 0 Å². The highest BCUT2D eigenvalue weighted by Gasteiger charge is 2.12. The van der Waals surface area contributed by atoms with Crippen LogP contribution in [0.1, 0.15) is 55.3 Å². The number of rotatable bonds is 4. The van der Waals surface area contributed by atoms with E-state index in [0.29, 0.717) is 11.8 Å². The fraction of sp³-hybridized carbons (Fsp3) is 0.467.